The molecule has 0 unspecified atom stereocenters. The molecule has 26 heavy (non-hydrogen) atoms. The second kappa shape index (κ2) is 6.94. The highest BCUT2D eigenvalue weighted by Crippen LogP contribution is 2.36. The van der Waals surface area contributed by atoms with E-state index in [1.54, 1.807) is 12.1 Å². The summed E-state index contributed by atoms with van der Waals surface area (Å²) >= 11 is 12.4. The van der Waals surface area contributed by atoms with E-state index in [0.29, 0.717) is 16.4 Å². The van der Waals surface area contributed by atoms with E-state index in [-0.39, 0.29) is 18.5 Å². The van der Waals surface area contributed by atoms with Gasteiger partial charge in [-0.2, -0.15) is 0 Å². The van der Waals surface area contributed by atoms with Crippen molar-refractivity contribution >= 4 is 54.2 Å². The van der Waals surface area contributed by atoms with Crippen molar-refractivity contribution in [2.75, 3.05) is 0 Å². The maximum absolute atomic E-state index is 12.7. The van der Waals surface area contributed by atoms with E-state index in [1.165, 1.54) is 36.4 Å². The van der Waals surface area contributed by atoms with Gasteiger partial charge in [-0.25, -0.2) is 21.8 Å². The first-order chi connectivity index (χ1) is 12.1. The van der Waals surface area contributed by atoms with E-state index in [4.69, 9.17) is 23.2 Å². The first kappa shape index (κ1) is 19.3. The summed E-state index contributed by atoms with van der Waals surface area (Å²) in [5.74, 6) is 0. The van der Waals surface area contributed by atoms with Crippen LogP contribution in [0, 0.1) is 6.92 Å². The first-order valence-corrected chi connectivity index (χ1v) is 11.6. The summed E-state index contributed by atoms with van der Waals surface area (Å²) < 4.78 is 50.2. The number of hydrogen-bond donors (Lipinski definition) is 0. The fourth-order valence-electron chi connectivity index (χ4n) is 2.09. The van der Waals surface area contributed by atoms with Crippen molar-refractivity contribution in [2.24, 2.45) is 0 Å². The van der Waals surface area contributed by atoms with E-state index < -0.39 is 24.7 Å². The smallest absolute Gasteiger partial charge is 0.217 e. The molecule has 0 saturated carbocycles. The van der Waals surface area contributed by atoms with Crippen LogP contribution >= 0.6 is 34.5 Å². The van der Waals surface area contributed by atoms with Gasteiger partial charge >= 0.3 is 0 Å². The summed E-state index contributed by atoms with van der Waals surface area (Å²) in [6, 6.07) is 11.6. The SMILES string of the molecule is Cc1ccc(S(=O)(=O)c2nc(S(=O)(=O)c3ccc(Cl)cc3)c(Cl)s2)cc1. The van der Waals surface area contributed by atoms with Gasteiger partial charge in [0.05, 0.1) is 9.79 Å². The van der Waals surface area contributed by atoms with Crippen LogP contribution in [0.1, 0.15) is 5.56 Å². The summed E-state index contributed by atoms with van der Waals surface area (Å²) in [7, 11) is -8.04. The van der Waals surface area contributed by atoms with Gasteiger partial charge in [0.15, 0.2) is 5.03 Å². The van der Waals surface area contributed by atoms with Crippen molar-refractivity contribution in [1.29, 1.82) is 0 Å². The molecule has 0 aliphatic carbocycles. The van der Waals surface area contributed by atoms with Gasteiger partial charge in [-0.05, 0) is 43.3 Å². The van der Waals surface area contributed by atoms with Crippen LogP contribution < -0.4 is 0 Å². The van der Waals surface area contributed by atoms with Crippen molar-refractivity contribution in [3.8, 4) is 0 Å². The number of benzene rings is 2. The van der Waals surface area contributed by atoms with Crippen molar-refractivity contribution in [3.63, 3.8) is 0 Å². The lowest BCUT2D eigenvalue weighted by molar-refractivity contribution is 0.589. The first-order valence-electron chi connectivity index (χ1n) is 7.11. The van der Waals surface area contributed by atoms with Crippen LogP contribution in [0.25, 0.3) is 0 Å². The maximum atomic E-state index is 12.7. The Hall–Kier alpha value is -1.45. The van der Waals surface area contributed by atoms with Gasteiger partial charge in [0.1, 0.15) is 4.34 Å². The summed E-state index contributed by atoms with van der Waals surface area (Å²) in [5.41, 5.74) is 0.895. The van der Waals surface area contributed by atoms with Gasteiger partial charge < -0.3 is 0 Å². The second-order valence-electron chi connectivity index (χ2n) is 5.33. The normalized spacial score (nSPS) is 12.3. The third-order valence-electron chi connectivity index (χ3n) is 3.48. The van der Waals surface area contributed by atoms with E-state index in [1.807, 2.05) is 6.92 Å². The van der Waals surface area contributed by atoms with Gasteiger partial charge in [-0.1, -0.05) is 52.2 Å². The maximum Gasteiger partial charge on any atom is 0.233 e. The number of sulfone groups is 2. The lowest BCUT2D eigenvalue weighted by Crippen LogP contribution is -2.05. The quantitative estimate of drug-likeness (QED) is 0.590. The molecule has 0 spiro atoms. The van der Waals surface area contributed by atoms with Crippen molar-refractivity contribution < 1.29 is 16.8 Å². The fourth-order valence-corrected chi connectivity index (χ4v) is 6.94. The summed E-state index contributed by atoms with van der Waals surface area (Å²) in [5, 5.41) is -0.117. The average molecular weight is 448 g/mol. The highest BCUT2D eigenvalue weighted by atomic mass is 35.5. The monoisotopic (exact) mass is 447 g/mol. The van der Waals surface area contributed by atoms with Gasteiger partial charge in [0.25, 0.3) is 0 Å². The molecular formula is C16H11Cl2NO4S3. The number of halogens is 2. The standard InChI is InChI=1S/C16H11Cl2NO4S3/c1-10-2-6-13(7-3-10)26(22,23)16-19-15(14(18)24-16)25(20,21)12-8-4-11(17)5-9-12/h2-9H,1H3. The summed E-state index contributed by atoms with van der Waals surface area (Å²) in [6.07, 6.45) is 0. The minimum absolute atomic E-state index is 0.0176. The molecule has 0 bridgehead atoms. The second-order valence-corrected chi connectivity index (χ2v) is 11.4. The number of aromatic nitrogens is 1. The number of thiazole rings is 1. The Morgan fingerprint density at radius 3 is 1.88 bits per heavy atom. The molecule has 1 heterocycles. The lowest BCUT2D eigenvalue weighted by atomic mass is 10.2. The molecule has 0 fully saturated rings. The molecule has 3 rings (SSSR count). The third-order valence-corrected chi connectivity index (χ3v) is 9.07. The summed E-state index contributed by atoms with van der Waals surface area (Å²) in [6.45, 7) is 1.83. The molecule has 0 radical (unpaired) electrons. The van der Waals surface area contributed by atoms with Crippen LogP contribution in [0.5, 0.6) is 0 Å². The molecule has 0 saturated heterocycles. The van der Waals surface area contributed by atoms with Crippen LogP contribution in [0.15, 0.2) is 67.7 Å². The number of nitrogens with zero attached hydrogens (tertiary/aromatic N) is 1. The van der Waals surface area contributed by atoms with Gasteiger partial charge in [-0.15, -0.1) is 0 Å². The van der Waals surface area contributed by atoms with Crippen molar-refractivity contribution in [1.82, 2.24) is 4.98 Å². The van der Waals surface area contributed by atoms with Crippen molar-refractivity contribution in [2.45, 2.75) is 26.1 Å². The van der Waals surface area contributed by atoms with Crippen LogP contribution in [0.3, 0.4) is 0 Å². The lowest BCUT2D eigenvalue weighted by Gasteiger charge is -2.02. The summed E-state index contributed by atoms with van der Waals surface area (Å²) in [4.78, 5) is 3.77. The van der Waals surface area contributed by atoms with Crippen LogP contribution in [0.4, 0.5) is 0 Å². The molecule has 3 aromatic rings. The molecule has 5 nitrogen and oxygen atoms in total. The molecule has 10 heteroatoms. The Bertz CT molecular complexity index is 1170. The van der Waals surface area contributed by atoms with Gasteiger partial charge in [0, 0.05) is 5.02 Å². The minimum atomic E-state index is -4.07. The Balaban J connectivity index is 2.09. The average Bonchev–Trinajstić information content (AvgIpc) is 2.99. The third kappa shape index (κ3) is 3.52. The van der Waals surface area contributed by atoms with Crippen LogP contribution in [-0.4, -0.2) is 21.8 Å². The molecule has 0 aliphatic rings. The molecule has 1 aromatic heterocycles. The van der Waals surface area contributed by atoms with Crippen LogP contribution in [0.2, 0.25) is 9.36 Å². The molecule has 0 atom stereocenters. The molecular weight excluding hydrogens is 437 g/mol. The fraction of sp³-hybridized carbons (Fsp3) is 0.0625. The predicted octanol–water partition coefficient (Wildman–Crippen LogP) is 4.42. The number of aryl methyl sites for hydroxylation is 1. The highest BCUT2D eigenvalue weighted by Gasteiger charge is 2.30. The Morgan fingerprint density at radius 1 is 0.808 bits per heavy atom. The zero-order valence-electron chi connectivity index (χ0n) is 13.2. The zero-order chi connectivity index (χ0) is 19.1. The largest absolute Gasteiger partial charge is 0.233 e. The molecule has 0 amide bonds. The van der Waals surface area contributed by atoms with E-state index >= 15 is 0 Å². The van der Waals surface area contributed by atoms with Crippen LogP contribution in [-0.2, 0) is 19.7 Å². The molecule has 0 N–H and O–H groups in total. The Labute approximate surface area is 165 Å². The van der Waals surface area contributed by atoms with Crippen molar-refractivity contribution in [3.05, 3.63) is 63.5 Å². The molecule has 2 aromatic carbocycles. The topological polar surface area (TPSA) is 81.2 Å². The van der Waals surface area contributed by atoms with E-state index in [9.17, 15) is 16.8 Å². The van der Waals surface area contributed by atoms with E-state index in [0.717, 1.165) is 5.56 Å². The van der Waals surface area contributed by atoms with E-state index in [2.05, 4.69) is 4.98 Å². The highest BCUT2D eigenvalue weighted by molar-refractivity contribution is 7.94. The number of rotatable bonds is 4. The zero-order valence-corrected chi connectivity index (χ0v) is 17.1. The Kier molecular flexibility index (Phi) is 5.15. The minimum Gasteiger partial charge on any atom is -0.217 e. The Morgan fingerprint density at radius 2 is 1.31 bits per heavy atom. The molecule has 0 aliphatic heterocycles. The van der Waals surface area contributed by atoms with Gasteiger partial charge in [0.2, 0.25) is 24.0 Å². The van der Waals surface area contributed by atoms with Gasteiger partial charge in [-0.3, -0.25) is 0 Å². The predicted molar refractivity (Wildman–Crippen MR) is 101 cm³/mol. The number of hydrogen-bond acceptors (Lipinski definition) is 6. The molecule has 136 valence electrons.